The molecule has 0 saturated heterocycles. The van der Waals surface area contributed by atoms with E-state index >= 15 is 0 Å². The van der Waals surface area contributed by atoms with Crippen LogP contribution in [0.2, 0.25) is 15.1 Å². The Balaban J connectivity index is 2.21. The van der Waals surface area contributed by atoms with Crippen LogP contribution in [0.25, 0.3) is 0 Å². The van der Waals surface area contributed by atoms with Gasteiger partial charge in [-0.25, -0.2) is 4.98 Å². The molecule has 0 aliphatic heterocycles. The van der Waals surface area contributed by atoms with Gasteiger partial charge in [-0.05, 0) is 17.7 Å². The average Bonchev–Trinajstić information content (AvgIpc) is 2.63. The molecule has 0 saturated carbocycles. The number of halogens is 3. The van der Waals surface area contributed by atoms with Crippen LogP contribution in [0.4, 0.5) is 0 Å². The lowest BCUT2D eigenvalue weighted by molar-refractivity contribution is 0.0946. The number of amides is 1. The van der Waals surface area contributed by atoms with Gasteiger partial charge in [-0.15, -0.1) is 0 Å². The first-order valence-electron chi connectivity index (χ1n) is 6.99. The van der Waals surface area contributed by atoms with Gasteiger partial charge in [-0.2, -0.15) is 0 Å². The van der Waals surface area contributed by atoms with Gasteiger partial charge in [-0.3, -0.25) is 4.79 Å². The van der Waals surface area contributed by atoms with Crippen molar-refractivity contribution in [2.24, 2.45) is 0 Å². The van der Waals surface area contributed by atoms with E-state index in [1.165, 1.54) is 27.5 Å². The van der Waals surface area contributed by atoms with Gasteiger partial charge in [0, 0.05) is 12.7 Å². The smallest absolute Gasteiger partial charge is 0.271 e. The molecule has 0 fully saturated rings. The van der Waals surface area contributed by atoms with E-state index in [4.69, 9.17) is 49.0 Å². The molecule has 2 aromatic rings. The molecular formula is C16H15Cl3N2O4. The summed E-state index contributed by atoms with van der Waals surface area (Å²) in [5, 5.41) is 2.95. The quantitative estimate of drug-likeness (QED) is 0.787. The molecule has 0 unspecified atom stereocenters. The highest BCUT2D eigenvalue weighted by Gasteiger charge is 2.18. The van der Waals surface area contributed by atoms with Crippen molar-refractivity contribution in [1.82, 2.24) is 10.3 Å². The minimum atomic E-state index is -0.489. The van der Waals surface area contributed by atoms with Crippen molar-refractivity contribution in [3.63, 3.8) is 0 Å². The van der Waals surface area contributed by atoms with Crippen molar-refractivity contribution in [1.29, 1.82) is 0 Å². The van der Waals surface area contributed by atoms with Crippen LogP contribution in [-0.2, 0) is 6.54 Å². The molecule has 1 N–H and O–H groups in total. The number of carbonyl (C=O) groups excluding carboxylic acids is 1. The zero-order valence-corrected chi connectivity index (χ0v) is 15.9. The molecule has 2 rings (SSSR count). The third kappa shape index (κ3) is 4.21. The van der Waals surface area contributed by atoms with E-state index in [0.29, 0.717) is 17.2 Å². The van der Waals surface area contributed by atoms with Crippen LogP contribution in [0, 0.1) is 0 Å². The van der Waals surface area contributed by atoms with E-state index in [1.54, 1.807) is 12.1 Å². The van der Waals surface area contributed by atoms with E-state index < -0.39 is 5.91 Å². The molecule has 0 aliphatic rings. The monoisotopic (exact) mass is 404 g/mol. The van der Waals surface area contributed by atoms with Crippen LogP contribution in [0.3, 0.4) is 0 Å². The predicted molar refractivity (Wildman–Crippen MR) is 96.5 cm³/mol. The van der Waals surface area contributed by atoms with Gasteiger partial charge < -0.3 is 19.5 Å². The molecule has 134 valence electrons. The molecule has 1 aromatic heterocycles. The molecule has 1 amide bonds. The number of pyridine rings is 1. The third-order valence-electron chi connectivity index (χ3n) is 3.31. The van der Waals surface area contributed by atoms with Crippen molar-refractivity contribution in [2.45, 2.75) is 6.54 Å². The van der Waals surface area contributed by atoms with Gasteiger partial charge in [0.15, 0.2) is 11.5 Å². The van der Waals surface area contributed by atoms with Gasteiger partial charge in [-0.1, -0.05) is 34.8 Å². The second-order valence-corrected chi connectivity index (χ2v) is 5.96. The molecule has 0 atom stereocenters. The van der Waals surface area contributed by atoms with Crippen molar-refractivity contribution in [3.8, 4) is 17.2 Å². The van der Waals surface area contributed by atoms with Gasteiger partial charge in [0.25, 0.3) is 5.91 Å². The fraction of sp³-hybridized carbons (Fsp3) is 0.250. The maximum absolute atomic E-state index is 12.3. The predicted octanol–water partition coefficient (Wildman–Crippen LogP) is 4.00. The summed E-state index contributed by atoms with van der Waals surface area (Å²) in [5.41, 5.74) is 0.725. The van der Waals surface area contributed by atoms with Gasteiger partial charge in [0.05, 0.1) is 36.4 Å². The van der Waals surface area contributed by atoms with Crippen LogP contribution in [-0.4, -0.2) is 32.2 Å². The number of ether oxygens (including phenoxy) is 3. The number of hydrogen-bond donors (Lipinski definition) is 1. The van der Waals surface area contributed by atoms with Crippen LogP contribution < -0.4 is 19.5 Å². The first kappa shape index (κ1) is 19.4. The Morgan fingerprint density at radius 3 is 2.16 bits per heavy atom. The molecule has 6 nitrogen and oxygen atoms in total. The van der Waals surface area contributed by atoms with E-state index in [-0.39, 0.29) is 27.3 Å². The first-order chi connectivity index (χ1) is 11.9. The van der Waals surface area contributed by atoms with Crippen molar-refractivity contribution in [3.05, 3.63) is 44.7 Å². The summed E-state index contributed by atoms with van der Waals surface area (Å²) >= 11 is 17.7. The average molecular weight is 406 g/mol. The lowest BCUT2D eigenvalue weighted by atomic mass is 10.1. The largest absolute Gasteiger partial charge is 0.493 e. The third-order valence-corrected chi connectivity index (χ3v) is 4.55. The Morgan fingerprint density at radius 2 is 1.64 bits per heavy atom. The standard InChI is InChI=1S/C16H15Cl3N2O4/c1-23-10-4-8(5-11(24-2)15(10)25-3)6-21-16(22)14-13(19)12(18)9(17)7-20-14/h4-5,7H,6H2,1-3H3,(H,21,22). The fourth-order valence-electron chi connectivity index (χ4n) is 2.11. The lowest BCUT2D eigenvalue weighted by Crippen LogP contribution is -2.24. The van der Waals surface area contributed by atoms with Crippen LogP contribution in [0.5, 0.6) is 17.2 Å². The van der Waals surface area contributed by atoms with Crippen LogP contribution >= 0.6 is 34.8 Å². The maximum atomic E-state index is 12.3. The number of carbonyl (C=O) groups is 1. The van der Waals surface area contributed by atoms with Gasteiger partial charge in [0.1, 0.15) is 5.69 Å². The zero-order chi connectivity index (χ0) is 18.6. The molecule has 1 aromatic carbocycles. The topological polar surface area (TPSA) is 69.7 Å². The summed E-state index contributed by atoms with van der Waals surface area (Å²) in [4.78, 5) is 16.2. The molecule has 1 heterocycles. The maximum Gasteiger partial charge on any atom is 0.271 e. The Bertz CT molecular complexity index is 774. The van der Waals surface area contributed by atoms with Crippen molar-refractivity contribution in [2.75, 3.05) is 21.3 Å². The second-order valence-electron chi connectivity index (χ2n) is 4.80. The van der Waals surface area contributed by atoms with Crippen LogP contribution in [0.1, 0.15) is 16.1 Å². The SMILES string of the molecule is COc1cc(CNC(=O)c2ncc(Cl)c(Cl)c2Cl)cc(OC)c1OC. The summed E-state index contributed by atoms with van der Waals surface area (Å²) in [7, 11) is 4.54. The summed E-state index contributed by atoms with van der Waals surface area (Å²) in [6.07, 6.45) is 1.27. The lowest BCUT2D eigenvalue weighted by Gasteiger charge is -2.14. The molecular weight excluding hydrogens is 391 g/mol. The number of rotatable bonds is 6. The summed E-state index contributed by atoms with van der Waals surface area (Å²) < 4.78 is 15.8. The minimum Gasteiger partial charge on any atom is -0.493 e. The molecule has 25 heavy (non-hydrogen) atoms. The summed E-state index contributed by atoms with van der Waals surface area (Å²) in [5.74, 6) is 0.945. The number of nitrogens with zero attached hydrogens (tertiary/aromatic N) is 1. The Hall–Kier alpha value is -1.89. The van der Waals surface area contributed by atoms with Crippen molar-refractivity contribution >= 4 is 40.7 Å². The van der Waals surface area contributed by atoms with E-state index in [2.05, 4.69) is 10.3 Å². The highest BCUT2D eigenvalue weighted by Crippen LogP contribution is 2.38. The zero-order valence-electron chi connectivity index (χ0n) is 13.7. The first-order valence-corrected chi connectivity index (χ1v) is 8.12. The highest BCUT2D eigenvalue weighted by atomic mass is 35.5. The van der Waals surface area contributed by atoms with Gasteiger partial charge >= 0.3 is 0 Å². The summed E-state index contributed by atoms with van der Waals surface area (Å²) in [6, 6.07) is 3.46. The fourth-order valence-corrected chi connectivity index (χ4v) is 2.67. The highest BCUT2D eigenvalue weighted by molar-refractivity contribution is 6.48. The minimum absolute atomic E-state index is 0.00319. The Kier molecular flexibility index (Phi) is 6.58. The number of nitrogens with one attached hydrogen (secondary N) is 1. The number of hydrogen-bond acceptors (Lipinski definition) is 5. The molecule has 9 heteroatoms. The molecule has 0 radical (unpaired) electrons. The Morgan fingerprint density at radius 1 is 1.04 bits per heavy atom. The second kappa shape index (κ2) is 8.47. The molecule has 0 aliphatic carbocycles. The molecule has 0 spiro atoms. The van der Waals surface area contributed by atoms with Crippen LogP contribution in [0.15, 0.2) is 18.3 Å². The molecule has 0 bridgehead atoms. The van der Waals surface area contributed by atoms with E-state index in [1.807, 2.05) is 0 Å². The van der Waals surface area contributed by atoms with Gasteiger partial charge in [0.2, 0.25) is 5.75 Å². The normalized spacial score (nSPS) is 10.3. The summed E-state index contributed by atoms with van der Waals surface area (Å²) in [6.45, 7) is 0.188. The van der Waals surface area contributed by atoms with E-state index in [9.17, 15) is 4.79 Å². The number of benzene rings is 1. The van der Waals surface area contributed by atoms with Crippen molar-refractivity contribution < 1.29 is 19.0 Å². The van der Waals surface area contributed by atoms with E-state index in [0.717, 1.165) is 5.56 Å². The number of methoxy groups -OCH3 is 3. The Labute approximate surface area is 159 Å². The number of aromatic nitrogens is 1.